The van der Waals surface area contributed by atoms with E-state index in [0.717, 1.165) is 12.1 Å². The first-order chi connectivity index (χ1) is 12.6. The van der Waals surface area contributed by atoms with E-state index in [-0.39, 0.29) is 29.6 Å². The summed E-state index contributed by atoms with van der Waals surface area (Å²) in [5.41, 5.74) is 0.322. The molecule has 0 atom stereocenters. The first-order valence-corrected chi connectivity index (χ1v) is 8.45. The van der Waals surface area contributed by atoms with Crippen LogP contribution in [-0.2, 0) is 0 Å². The Morgan fingerprint density at radius 1 is 0.852 bits per heavy atom. The van der Waals surface area contributed by atoms with E-state index in [2.05, 4.69) is 0 Å². The van der Waals surface area contributed by atoms with Gasteiger partial charge in [0.2, 0.25) is 0 Å². The van der Waals surface area contributed by atoms with Gasteiger partial charge < -0.3 is 9.47 Å². The molecule has 0 spiro atoms. The smallest absolute Gasteiger partial charge is 0.398 e. The van der Waals surface area contributed by atoms with Crippen molar-refractivity contribution in [1.82, 2.24) is 0 Å². The summed E-state index contributed by atoms with van der Waals surface area (Å²) in [5.74, 6) is -6.98. The third-order valence-electron chi connectivity index (χ3n) is 3.19. The molecule has 148 valence electrons. The average Bonchev–Trinajstić information content (AvgIpc) is 2.56. The van der Waals surface area contributed by atoms with Gasteiger partial charge in [0.15, 0.2) is 29.0 Å². The second-order valence-electron chi connectivity index (χ2n) is 5.35. The highest BCUT2D eigenvalue weighted by molar-refractivity contribution is 7.99. The summed E-state index contributed by atoms with van der Waals surface area (Å²) in [6, 6.07) is 3.45. The molecule has 0 heterocycles. The van der Waals surface area contributed by atoms with Crippen LogP contribution in [0.2, 0.25) is 0 Å². The Bertz CT molecular complexity index is 786. The third kappa shape index (κ3) is 6.23. The summed E-state index contributed by atoms with van der Waals surface area (Å²) < 4.78 is 99.9. The molecule has 0 radical (unpaired) electrons. The molecule has 2 nitrogen and oxygen atoms in total. The van der Waals surface area contributed by atoms with Crippen molar-refractivity contribution in [3.05, 3.63) is 53.1 Å². The van der Waals surface area contributed by atoms with Crippen molar-refractivity contribution in [3.63, 3.8) is 0 Å². The van der Waals surface area contributed by atoms with Crippen LogP contribution in [0.25, 0.3) is 0 Å². The van der Waals surface area contributed by atoms with Crippen molar-refractivity contribution >= 4 is 11.8 Å². The van der Waals surface area contributed by atoms with Crippen molar-refractivity contribution in [2.24, 2.45) is 0 Å². The van der Waals surface area contributed by atoms with Crippen LogP contribution in [0.1, 0.15) is 5.56 Å². The van der Waals surface area contributed by atoms with E-state index in [1.54, 1.807) is 0 Å². The molecule has 0 N–H and O–H groups in total. The fraction of sp³-hybridized carbons (Fsp3) is 0.294. The first-order valence-electron chi connectivity index (χ1n) is 7.46. The molecule has 0 aliphatic carbocycles. The second kappa shape index (κ2) is 8.73. The molecule has 0 bridgehead atoms. The number of ether oxygens (including phenoxy) is 2. The summed E-state index contributed by atoms with van der Waals surface area (Å²) in [6.07, 6.45) is -4.37. The number of hydrogen-bond donors (Lipinski definition) is 0. The van der Waals surface area contributed by atoms with Gasteiger partial charge in [-0.1, -0.05) is 0 Å². The molecule has 0 aliphatic rings. The zero-order valence-corrected chi connectivity index (χ0v) is 14.6. The minimum atomic E-state index is -4.37. The van der Waals surface area contributed by atoms with E-state index in [9.17, 15) is 30.7 Å². The molecule has 0 aromatic heterocycles. The van der Waals surface area contributed by atoms with E-state index >= 15 is 0 Å². The number of aryl methyl sites for hydroxylation is 1. The molecule has 2 rings (SSSR count). The Kier molecular flexibility index (Phi) is 6.85. The van der Waals surface area contributed by atoms with Gasteiger partial charge in [-0.25, -0.2) is 17.6 Å². The highest BCUT2D eigenvalue weighted by Gasteiger charge is 2.27. The molecule has 0 unspecified atom stereocenters. The van der Waals surface area contributed by atoms with Gasteiger partial charge in [0.25, 0.3) is 0 Å². The molecule has 0 saturated carbocycles. The first kappa shape index (κ1) is 21.2. The lowest BCUT2D eigenvalue weighted by molar-refractivity contribution is -0.105. The largest absolute Gasteiger partial charge is 0.490 e. The molecule has 2 aromatic rings. The van der Waals surface area contributed by atoms with Gasteiger partial charge in [0.05, 0.1) is 5.75 Å². The Hall–Kier alpha value is -2.10. The van der Waals surface area contributed by atoms with Crippen molar-refractivity contribution in [2.75, 3.05) is 19.0 Å². The average molecular weight is 414 g/mol. The van der Waals surface area contributed by atoms with Crippen molar-refractivity contribution < 1.29 is 40.2 Å². The van der Waals surface area contributed by atoms with Crippen LogP contribution in [0.3, 0.4) is 0 Å². The highest BCUT2D eigenvalue weighted by atomic mass is 32.2. The summed E-state index contributed by atoms with van der Waals surface area (Å²) in [5, 5.41) is 0. The lowest BCUT2D eigenvalue weighted by Gasteiger charge is -2.13. The van der Waals surface area contributed by atoms with Crippen molar-refractivity contribution in [3.8, 4) is 11.5 Å². The Morgan fingerprint density at radius 2 is 1.44 bits per heavy atom. The number of alkyl halides is 3. The highest BCUT2D eigenvalue weighted by Crippen LogP contribution is 2.33. The molecular formula is C17H13F7O2S. The molecule has 27 heavy (non-hydrogen) atoms. The predicted octanol–water partition coefficient (Wildman–Crippen LogP) is 5.66. The fourth-order valence-corrected chi connectivity index (χ4v) is 2.78. The summed E-state index contributed by atoms with van der Waals surface area (Å²) in [4.78, 5) is 0.201. The van der Waals surface area contributed by atoms with Crippen molar-refractivity contribution in [2.45, 2.75) is 18.0 Å². The van der Waals surface area contributed by atoms with Gasteiger partial charge in [0, 0.05) is 17.0 Å². The number of hydrogen-bond acceptors (Lipinski definition) is 3. The van der Waals surface area contributed by atoms with Gasteiger partial charge in [-0.2, -0.15) is 13.2 Å². The molecule has 0 fully saturated rings. The normalized spacial score (nSPS) is 11.6. The van der Waals surface area contributed by atoms with Crippen LogP contribution in [0.5, 0.6) is 11.5 Å². The van der Waals surface area contributed by atoms with E-state index in [0.29, 0.717) is 29.5 Å². The van der Waals surface area contributed by atoms with Crippen LogP contribution in [-0.4, -0.2) is 25.1 Å². The van der Waals surface area contributed by atoms with Crippen LogP contribution in [0.15, 0.2) is 29.2 Å². The second-order valence-corrected chi connectivity index (χ2v) is 6.37. The summed E-state index contributed by atoms with van der Waals surface area (Å²) in [6.45, 7) is 0.944. The van der Waals surface area contributed by atoms with Crippen molar-refractivity contribution in [1.29, 1.82) is 0 Å². The van der Waals surface area contributed by atoms with E-state index in [4.69, 9.17) is 9.47 Å². The summed E-state index contributed by atoms with van der Waals surface area (Å²) >= 11 is 0.496. The topological polar surface area (TPSA) is 18.5 Å². The Labute approximate surface area is 154 Å². The predicted molar refractivity (Wildman–Crippen MR) is 85.2 cm³/mol. The fourth-order valence-electron chi connectivity index (χ4n) is 1.99. The number of thioether (sulfide) groups is 1. The Morgan fingerprint density at radius 3 is 2.04 bits per heavy atom. The van der Waals surface area contributed by atoms with Gasteiger partial charge >= 0.3 is 6.18 Å². The molecule has 10 heteroatoms. The number of benzene rings is 2. The van der Waals surface area contributed by atoms with Crippen LogP contribution in [0, 0.1) is 30.2 Å². The lowest BCUT2D eigenvalue weighted by atomic mass is 10.2. The maximum absolute atomic E-state index is 13.9. The zero-order valence-electron chi connectivity index (χ0n) is 13.8. The zero-order chi connectivity index (χ0) is 20.2. The minimum Gasteiger partial charge on any atom is -0.490 e. The SMILES string of the molecule is Cc1cc(F)c(OCCOc2cc(F)c(F)c(F)c2)cc1SCC(F)(F)F. The molecule has 2 aromatic carbocycles. The van der Waals surface area contributed by atoms with Crippen LogP contribution < -0.4 is 9.47 Å². The van der Waals surface area contributed by atoms with Gasteiger partial charge in [0.1, 0.15) is 19.0 Å². The van der Waals surface area contributed by atoms with E-state index in [1.807, 2.05) is 0 Å². The lowest BCUT2D eigenvalue weighted by Crippen LogP contribution is -2.12. The van der Waals surface area contributed by atoms with E-state index < -0.39 is 35.2 Å². The maximum Gasteiger partial charge on any atom is 0.398 e. The van der Waals surface area contributed by atoms with E-state index in [1.165, 1.54) is 6.92 Å². The number of rotatable bonds is 7. The van der Waals surface area contributed by atoms with Crippen LogP contribution >= 0.6 is 11.8 Å². The maximum atomic E-state index is 13.9. The number of halogens is 7. The molecular weight excluding hydrogens is 401 g/mol. The quantitative estimate of drug-likeness (QED) is 0.252. The minimum absolute atomic E-state index is 0.201. The standard InChI is InChI=1S/C17H13F7O2S/c1-9-4-11(18)14(7-15(9)27-8-17(22,23)24)26-3-2-25-10-5-12(19)16(21)13(20)6-10/h4-7H,2-3,8H2,1H3. The van der Waals surface area contributed by atoms with Crippen LogP contribution in [0.4, 0.5) is 30.7 Å². The molecule has 0 amide bonds. The third-order valence-corrected chi connectivity index (χ3v) is 4.41. The molecule has 0 aliphatic heterocycles. The Balaban J connectivity index is 1.95. The summed E-state index contributed by atoms with van der Waals surface area (Å²) in [7, 11) is 0. The van der Waals surface area contributed by atoms with Gasteiger partial charge in [-0.3, -0.25) is 0 Å². The van der Waals surface area contributed by atoms with Gasteiger partial charge in [-0.15, -0.1) is 11.8 Å². The molecule has 0 saturated heterocycles. The monoisotopic (exact) mass is 414 g/mol. The van der Waals surface area contributed by atoms with Gasteiger partial charge in [-0.05, 0) is 24.6 Å².